The minimum atomic E-state index is -1.18. The number of carbonyl (C=O) groups excluding carboxylic acids is 1. The Morgan fingerprint density at radius 1 is 1.36 bits per heavy atom. The van der Waals surface area contributed by atoms with E-state index in [9.17, 15) is 18.9 Å². The van der Waals surface area contributed by atoms with E-state index in [-0.39, 0.29) is 24.4 Å². The van der Waals surface area contributed by atoms with E-state index in [2.05, 4.69) is 4.72 Å². The van der Waals surface area contributed by atoms with Crippen LogP contribution in [0.4, 0.5) is 0 Å². The maximum atomic E-state index is 13.6. The molecular weight excluding hydrogens is 400 g/mol. The molecule has 0 radical (unpaired) electrons. The van der Waals surface area contributed by atoms with Crippen molar-refractivity contribution < 1.29 is 18.9 Å². The van der Waals surface area contributed by atoms with Gasteiger partial charge in [0.1, 0.15) is 0 Å². The number of piperidine rings is 1. The van der Waals surface area contributed by atoms with Crippen LogP contribution in [-0.4, -0.2) is 44.9 Å². The summed E-state index contributed by atoms with van der Waals surface area (Å²) in [5.41, 5.74) is 0.0752. The lowest BCUT2D eigenvalue weighted by atomic mass is 9.74. The summed E-state index contributed by atoms with van der Waals surface area (Å²) in [5.74, 6) is -0.736. The zero-order valence-electron chi connectivity index (χ0n) is 16.2. The van der Waals surface area contributed by atoms with Crippen LogP contribution in [0.5, 0.6) is 0 Å². The maximum Gasteiger partial charge on any atom is 0.304 e. The average molecular weight is 427 g/mol. The highest BCUT2D eigenvalue weighted by Gasteiger charge is 2.50. The molecule has 2 aliphatic rings. The van der Waals surface area contributed by atoms with Gasteiger partial charge in [-0.15, -0.1) is 0 Å². The summed E-state index contributed by atoms with van der Waals surface area (Å²) in [7, 11) is -1.18. The minimum absolute atomic E-state index is 0.106. The number of carbonyl (C=O) groups is 2. The van der Waals surface area contributed by atoms with E-state index >= 15 is 0 Å². The van der Waals surface area contributed by atoms with Gasteiger partial charge in [-0.1, -0.05) is 30.7 Å². The zero-order valence-corrected chi connectivity index (χ0v) is 17.8. The van der Waals surface area contributed by atoms with Gasteiger partial charge in [0, 0.05) is 23.9 Å². The first kappa shape index (κ1) is 21.3. The number of likely N-dealkylation sites (tertiary alicyclic amines) is 1. The fourth-order valence-corrected chi connectivity index (χ4v) is 4.75. The second kappa shape index (κ2) is 8.51. The third-order valence-corrected chi connectivity index (χ3v) is 6.70. The van der Waals surface area contributed by atoms with Crippen LogP contribution in [0.25, 0.3) is 0 Å². The van der Waals surface area contributed by atoms with Crippen LogP contribution in [0.3, 0.4) is 0 Å². The van der Waals surface area contributed by atoms with Crippen molar-refractivity contribution in [3.05, 3.63) is 34.9 Å². The van der Waals surface area contributed by atoms with Crippen LogP contribution >= 0.6 is 11.6 Å². The number of benzene rings is 1. The van der Waals surface area contributed by atoms with Gasteiger partial charge in [-0.25, -0.2) is 8.93 Å². The lowest BCUT2D eigenvalue weighted by molar-refractivity contribution is -0.159. The summed E-state index contributed by atoms with van der Waals surface area (Å²) < 4.78 is 14.6. The molecule has 1 saturated carbocycles. The molecule has 8 heteroatoms. The molecule has 3 rings (SSSR count). The highest BCUT2D eigenvalue weighted by atomic mass is 35.5. The molecule has 1 heterocycles. The van der Waals surface area contributed by atoms with E-state index in [0.29, 0.717) is 30.3 Å². The molecule has 2 fully saturated rings. The summed E-state index contributed by atoms with van der Waals surface area (Å²) in [4.78, 5) is 26.9. The van der Waals surface area contributed by atoms with Gasteiger partial charge in [0.25, 0.3) is 0 Å². The highest BCUT2D eigenvalue weighted by molar-refractivity contribution is 7.82. The minimum Gasteiger partial charge on any atom is -0.481 e. The molecule has 1 aromatic rings. The number of amides is 1. The highest BCUT2D eigenvalue weighted by Crippen LogP contribution is 2.47. The number of carboxylic acid groups (broad SMARTS) is 1. The Bertz CT molecular complexity index is 768. The Hall–Kier alpha value is -1.44. The molecule has 28 heavy (non-hydrogen) atoms. The van der Waals surface area contributed by atoms with Crippen molar-refractivity contribution in [2.75, 3.05) is 12.8 Å². The Balaban J connectivity index is 1.96. The van der Waals surface area contributed by atoms with Crippen molar-refractivity contribution in [3.63, 3.8) is 0 Å². The van der Waals surface area contributed by atoms with E-state index < -0.39 is 22.4 Å². The Morgan fingerprint density at radius 2 is 2.00 bits per heavy atom. The normalized spacial score (nSPS) is 27.5. The summed E-state index contributed by atoms with van der Waals surface area (Å²) >= 11 is 6.04. The third-order valence-electron chi connectivity index (χ3n) is 5.87. The van der Waals surface area contributed by atoms with E-state index in [1.165, 1.54) is 0 Å². The smallest absolute Gasteiger partial charge is 0.304 e. The van der Waals surface area contributed by atoms with Gasteiger partial charge in [-0.05, 0) is 49.3 Å². The molecule has 1 aromatic carbocycles. The molecule has 4 atom stereocenters. The van der Waals surface area contributed by atoms with Crippen LogP contribution in [0.15, 0.2) is 24.3 Å². The van der Waals surface area contributed by atoms with Crippen LogP contribution in [0.2, 0.25) is 5.02 Å². The van der Waals surface area contributed by atoms with Crippen LogP contribution < -0.4 is 4.72 Å². The summed E-state index contributed by atoms with van der Waals surface area (Å²) in [6.45, 7) is 2.19. The van der Waals surface area contributed by atoms with Gasteiger partial charge in [0.2, 0.25) is 5.91 Å². The van der Waals surface area contributed by atoms with Gasteiger partial charge in [-0.3, -0.25) is 9.59 Å². The van der Waals surface area contributed by atoms with Crippen LogP contribution in [-0.2, 0) is 20.6 Å². The molecule has 2 unspecified atom stereocenters. The molecule has 2 N–H and O–H groups in total. The largest absolute Gasteiger partial charge is 0.481 e. The Morgan fingerprint density at radius 3 is 2.54 bits per heavy atom. The topological polar surface area (TPSA) is 86.7 Å². The molecule has 1 amide bonds. The quantitative estimate of drug-likeness (QED) is 0.668. The first-order chi connectivity index (χ1) is 13.2. The number of carboxylic acids is 1. The molecule has 0 bridgehead atoms. The van der Waals surface area contributed by atoms with Gasteiger partial charge in [0.05, 0.1) is 28.9 Å². The lowest BCUT2D eigenvalue weighted by Crippen LogP contribution is -2.56. The van der Waals surface area contributed by atoms with Crippen LogP contribution in [0.1, 0.15) is 50.6 Å². The molecule has 0 spiro atoms. The predicted molar refractivity (Wildman–Crippen MR) is 109 cm³/mol. The fraction of sp³-hybridized carbons (Fsp3) is 0.600. The number of halogens is 1. The van der Waals surface area contributed by atoms with E-state index in [1.807, 2.05) is 29.2 Å². The molecule has 154 valence electrons. The molecule has 1 saturated heterocycles. The standard InChI is InChI=1S/C20H27ClN2O4S/c1-20(11-18(24)25)10-9-16(13-5-7-15(21)8-6-13)23(19(20)26)17(14-3-4-14)12-22-28(2)27/h5-8,14,16-17,22H,3-4,9-12H2,1-2H3,(H,24,25)/t16-,17?,20+,28?/m0/s1. The van der Waals surface area contributed by atoms with E-state index in [0.717, 1.165) is 18.4 Å². The Kier molecular flexibility index (Phi) is 6.47. The van der Waals surface area contributed by atoms with Crippen molar-refractivity contribution in [2.45, 2.75) is 51.1 Å². The Labute approximate surface area is 173 Å². The first-order valence-corrected chi connectivity index (χ1v) is 11.5. The van der Waals surface area contributed by atoms with Gasteiger partial charge < -0.3 is 10.0 Å². The number of hydrogen-bond acceptors (Lipinski definition) is 3. The third kappa shape index (κ3) is 4.75. The predicted octanol–water partition coefficient (Wildman–Crippen LogP) is 3.15. The summed E-state index contributed by atoms with van der Waals surface area (Å²) in [6.07, 6.45) is 4.65. The van der Waals surface area contributed by atoms with Gasteiger partial charge in [-0.2, -0.15) is 0 Å². The zero-order chi connectivity index (χ0) is 20.5. The van der Waals surface area contributed by atoms with Crippen molar-refractivity contribution in [3.8, 4) is 0 Å². The van der Waals surface area contributed by atoms with Gasteiger partial charge >= 0.3 is 5.97 Å². The molecule has 1 aliphatic carbocycles. The number of aliphatic carboxylic acids is 1. The van der Waals surface area contributed by atoms with E-state index in [4.69, 9.17) is 11.6 Å². The van der Waals surface area contributed by atoms with Crippen molar-refractivity contribution in [1.29, 1.82) is 0 Å². The van der Waals surface area contributed by atoms with Crippen molar-refractivity contribution >= 4 is 34.5 Å². The molecule has 1 aliphatic heterocycles. The summed E-state index contributed by atoms with van der Waals surface area (Å²) in [6, 6.07) is 7.26. The average Bonchev–Trinajstić information content (AvgIpc) is 3.44. The number of nitrogens with zero attached hydrogens (tertiary/aromatic N) is 1. The molecule has 6 nitrogen and oxygen atoms in total. The summed E-state index contributed by atoms with van der Waals surface area (Å²) in [5, 5.41) is 9.98. The SMILES string of the molecule is CS(=O)NCC(C1CC1)N1C(=O)[C@@](C)(CC(=O)O)CC[C@H]1c1ccc(Cl)cc1. The fourth-order valence-electron chi connectivity index (χ4n) is 4.22. The molecular formula is C20H27ClN2O4S. The van der Waals surface area contributed by atoms with Crippen molar-refractivity contribution in [1.82, 2.24) is 9.62 Å². The second-order valence-corrected chi connectivity index (χ2v) is 9.79. The lowest BCUT2D eigenvalue weighted by Gasteiger charge is -2.48. The number of hydrogen-bond donors (Lipinski definition) is 2. The molecule has 0 aromatic heterocycles. The van der Waals surface area contributed by atoms with Gasteiger partial charge in [0.15, 0.2) is 0 Å². The monoisotopic (exact) mass is 426 g/mol. The second-order valence-electron chi connectivity index (χ2n) is 8.16. The van der Waals surface area contributed by atoms with Crippen LogP contribution in [0, 0.1) is 11.3 Å². The van der Waals surface area contributed by atoms with Crippen molar-refractivity contribution in [2.24, 2.45) is 11.3 Å². The van der Waals surface area contributed by atoms with E-state index in [1.54, 1.807) is 13.2 Å². The number of rotatable bonds is 8. The number of nitrogens with one attached hydrogen (secondary N) is 1. The first-order valence-electron chi connectivity index (χ1n) is 9.58. The maximum absolute atomic E-state index is 13.6.